The molecule has 0 bridgehead atoms. The van der Waals surface area contributed by atoms with Crippen molar-refractivity contribution in [3.05, 3.63) is 59.0 Å². The second-order valence-electron chi connectivity index (χ2n) is 7.87. The van der Waals surface area contributed by atoms with Crippen LogP contribution in [0.4, 0.5) is 10.1 Å². The lowest BCUT2D eigenvalue weighted by atomic mass is 10.2. The molecule has 152 valence electrons. The lowest BCUT2D eigenvalue weighted by Gasteiger charge is -2.20. The minimum Gasteiger partial charge on any atom is -0.370 e. The molecule has 0 spiro atoms. The number of piperidine rings is 1. The Kier molecular flexibility index (Phi) is 3.55. The fraction of sp³-hybridized carbons (Fsp3) is 0.368. The minimum absolute atomic E-state index is 0.156. The Morgan fingerprint density at radius 1 is 1.20 bits per heavy atom. The third-order valence-electron chi connectivity index (χ3n) is 6.04. The van der Waals surface area contributed by atoms with Gasteiger partial charge in [-0.1, -0.05) is 5.16 Å². The molecule has 2 fully saturated rings. The average molecular weight is 408 g/mol. The van der Waals surface area contributed by atoms with E-state index >= 15 is 0 Å². The van der Waals surface area contributed by atoms with Crippen LogP contribution in [0.25, 0.3) is 11.2 Å². The van der Waals surface area contributed by atoms with Gasteiger partial charge in [0.05, 0.1) is 24.4 Å². The first-order chi connectivity index (χ1) is 14.6. The van der Waals surface area contributed by atoms with Crippen molar-refractivity contribution in [2.24, 2.45) is 18.9 Å². The molecule has 2 unspecified atom stereocenters. The highest BCUT2D eigenvalue weighted by Gasteiger charge is 2.58. The lowest BCUT2D eigenvalue weighted by molar-refractivity contribution is 0.363. The van der Waals surface area contributed by atoms with Gasteiger partial charge in [-0.05, 0) is 11.8 Å². The zero-order valence-electron chi connectivity index (χ0n) is 16.0. The lowest BCUT2D eigenvalue weighted by Crippen LogP contribution is -2.24. The molecule has 1 aliphatic heterocycles. The number of fused-ring (bicyclic) bond motifs is 2. The number of hydrogen-bond acceptors (Lipinski definition) is 8. The van der Waals surface area contributed by atoms with Gasteiger partial charge in [-0.15, -0.1) is 0 Å². The van der Waals surface area contributed by atoms with Crippen molar-refractivity contribution in [2.75, 3.05) is 18.0 Å². The Balaban J connectivity index is 1.17. The summed E-state index contributed by atoms with van der Waals surface area (Å²) in [6.45, 7) is 1.78. The largest absolute Gasteiger partial charge is 0.370 e. The molecule has 1 saturated carbocycles. The Bertz CT molecular complexity index is 1320. The number of hydrogen-bond donors (Lipinski definition) is 0. The van der Waals surface area contributed by atoms with E-state index in [0.717, 1.165) is 18.8 Å². The molecular formula is C19H17FN8O2. The van der Waals surface area contributed by atoms with Crippen LogP contribution in [0.15, 0.2) is 40.4 Å². The minimum atomic E-state index is -0.332. The van der Waals surface area contributed by atoms with Crippen molar-refractivity contribution in [1.82, 2.24) is 34.2 Å². The third kappa shape index (κ3) is 2.61. The summed E-state index contributed by atoms with van der Waals surface area (Å²) in [6.07, 6.45) is 5.89. The van der Waals surface area contributed by atoms with Gasteiger partial charge in [0.25, 0.3) is 5.56 Å². The second kappa shape index (κ2) is 6.18. The van der Waals surface area contributed by atoms with E-state index in [1.54, 1.807) is 24.1 Å². The number of rotatable bonds is 4. The van der Waals surface area contributed by atoms with Gasteiger partial charge in [-0.2, -0.15) is 4.98 Å². The number of anilines is 1. The molecule has 5 heterocycles. The Labute approximate surface area is 169 Å². The van der Waals surface area contributed by atoms with E-state index in [0.29, 0.717) is 34.7 Å². The summed E-state index contributed by atoms with van der Waals surface area (Å²) in [5.74, 6) is 1.75. The van der Waals surface area contributed by atoms with Crippen LogP contribution < -0.4 is 10.5 Å². The highest BCUT2D eigenvalue weighted by atomic mass is 19.1. The van der Waals surface area contributed by atoms with E-state index in [-0.39, 0.29) is 23.8 Å². The number of aromatic nitrogens is 7. The second-order valence-corrected chi connectivity index (χ2v) is 7.87. The summed E-state index contributed by atoms with van der Waals surface area (Å²) in [5, 5.41) is 4.14. The van der Waals surface area contributed by atoms with E-state index < -0.39 is 0 Å². The first-order valence-electron chi connectivity index (χ1n) is 9.63. The fourth-order valence-electron chi connectivity index (χ4n) is 4.49. The van der Waals surface area contributed by atoms with Gasteiger partial charge in [0, 0.05) is 32.1 Å². The van der Waals surface area contributed by atoms with Crippen LogP contribution in [0, 0.1) is 17.7 Å². The maximum absolute atomic E-state index is 13.4. The van der Waals surface area contributed by atoms with Gasteiger partial charge in [-0.3, -0.25) is 14.3 Å². The summed E-state index contributed by atoms with van der Waals surface area (Å²) in [4.78, 5) is 31.5. The van der Waals surface area contributed by atoms with Crippen molar-refractivity contribution in [3.8, 4) is 0 Å². The molecule has 1 saturated heterocycles. The molecular weight excluding hydrogens is 391 g/mol. The average Bonchev–Trinajstić information content (AvgIpc) is 3.16. The topological polar surface area (TPSA) is 108 Å². The van der Waals surface area contributed by atoms with Crippen LogP contribution in [0.1, 0.15) is 17.6 Å². The number of imidazole rings is 1. The zero-order chi connectivity index (χ0) is 20.4. The zero-order valence-corrected chi connectivity index (χ0v) is 16.0. The van der Waals surface area contributed by atoms with Gasteiger partial charge < -0.3 is 14.0 Å². The third-order valence-corrected chi connectivity index (χ3v) is 6.04. The predicted molar refractivity (Wildman–Crippen MR) is 102 cm³/mol. The molecule has 4 aromatic heterocycles. The molecule has 2 aliphatic rings. The van der Waals surface area contributed by atoms with Gasteiger partial charge in [-0.25, -0.2) is 14.4 Å². The number of pyridine rings is 1. The number of aryl methyl sites for hydroxylation is 1. The monoisotopic (exact) mass is 408 g/mol. The van der Waals surface area contributed by atoms with E-state index in [2.05, 4.69) is 30.0 Å². The van der Waals surface area contributed by atoms with E-state index in [9.17, 15) is 9.18 Å². The van der Waals surface area contributed by atoms with Gasteiger partial charge in [0.15, 0.2) is 17.0 Å². The number of nitrogens with zero attached hydrogens (tertiary/aromatic N) is 8. The quantitative estimate of drug-likeness (QED) is 0.491. The van der Waals surface area contributed by atoms with Crippen LogP contribution >= 0.6 is 0 Å². The molecule has 1 aliphatic carbocycles. The maximum Gasteiger partial charge on any atom is 0.280 e. The highest BCUT2D eigenvalue weighted by molar-refractivity contribution is 5.68. The summed E-state index contributed by atoms with van der Waals surface area (Å²) >= 11 is 0. The maximum atomic E-state index is 13.4. The van der Waals surface area contributed by atoms with E-state index in [4.69, 9.17) is 4.52 Å². The van der Waals surface area contributed by atoms with Crippen LogP contribution in [0.3, 0.4) is 0 Å². The molecule has 6 rings (SSSR count). The summed E-state index contributed by atoms with van der Waals surface area (Å²) in [5.41, 5.74) is 1.43. The van der Waals surface area contributed by atoms with Gasteiger partial charge >= 0.3 is 0 Å². The van der Waals surface area contributed by atoms with Crippen molar-refractivity contribution in [3.63, 3.8) is 0 Å². The Morgan fingerprint density at radius 2 is 2.00 bits per heavy atom. The normalized spacial score (nSPS) is 22.6. The van der Waals surface area contributed by atoms with Crippen LogP contribution in [-0.4, -0.2) is 47.3 Å². The first-order valence-corrected chi connectivity index (χ1v) is 9.63. The first kappa shape index (κ1) is 17.2. The molecule has 0 radical (unpaired) electrons. The van der Waals surface area contributed by atoms with Crippen molar-refractivity contribution >= 4 is 16.9 Å². The molecule has 4 aromatic rings. The van der Waals surface area contributed by atoms with Crippen molar-refractivity contribution in [2.45, 2.75) is 12.5 Å². The SMILES string of the molecule is Cn1cnc2ncn(Cc3nc(C4C5CN(c6cncc(F)c6)C[C@@H]54)no3)c(=O)c21. The molecule has 0 amide bonds. The fourth-order valence-corrected chi connectivity index (χ4v) is 4.49. The smallest absolute Gasteiger partial charge is 0.280 e. The number of halogens is 1. The van der Waals surface area contributed by atoms with Gasteiger partial charge in [0.1, 0.15) is 18.7 Å². The van der Waals surface area contributed by atoms with Crippen LogP contribution in [0.2, 0.25) is 0 Å². The summed E-state index contributed by atoms with van der Waals surface area (Å²) in [6, 6.07) is 1.50. The molecule has 0 N–H and O–H groups in total. The van der Waals surface area contributed by atoms with E-state index in [1.807, 2.05) is 0 Å². The van der Waals surface area contributed by atoms with Crippen LogP contribution in [-0.2, 0) is 13.6 Å². The molecule has 10 nitrogen and oxygen atoms in total. The predicted octanol–water partition coefficient (Wildman–Crippen LogP) is 0.945. The van der Waals surface area contributed by atoms with E-state index in [1.165, 1.54) is 23.2 Å². The summed E-state index contributed by atoms with van der Waals surface area (Å²) < 4.78 is 21.9. The molecule has 0 aromatic carbocycles. The highest BCUT2D eigenvalue weighted by Crippen LogP contribution is 2.57. The Morgan fingerprint density at radius 3 is 2.80 bits per heavy atom. The summed E-state index contributed by atoms with van der Waals surface area (Å²) in [7, 11) is 1.75. The molecule has 30 heavy (non-hydrogen) atoms. The van der Waals surface area contributed by atoms with Crippen molar-refractivity contribution in [1.29, 1.82) is 0 Å². The van der Waals surface area contributed by atoms with Crippen LogP contribution in [0.5, 0.6) is 0 Å². The Hall–Kier alpha value is -3.63. The standard InChI is InChI=1S/C19H17FN8O2/c1-26-8-22-18-16(26)19(29)28(9-23-18)7-14-24-17(25-30-14)15-12-5-27(6-13(12)15)11-2-10(20)3-21-4-11/h2-4,8-9,12-13,15H,5-7H2,1H3/t12-,13?,15?/m0/s1. The molecule has 3 atom stereocenters. The molecule has 11 heteroatoms. The van der Waals surface area contributed by atoms with Gasteiger partial charge in [0.2, 0.25) is 5.89 Å². The van der Waals surface area contributed by atoms with Crippen molar-refractivity contribution < 1.29 is 8.91 Å².